The third kappa shape index (κ3) is 4.54. The molecule has 0 bridgehead atoms. The molecule has 1 aliphatic rings. The fourth-order valence-corrected chi connectivity index (χ4v) is 3.01. The molecule has 7 heteroatoms. The van der Waals surface area contributed by atoms with Crippen LogP contribution in [0.15, 0.2) is 24.3 Å². The third-order valence-electron chi connectivity index (χ3n) is 4.27. The molecule has 1 heterocycles. The van der Waals surface area contributed by atoms with Crippen LogP contribution < -0.4 is 10.6 Å². The van der Waals surface area contributed by atoms with Crippen LogP contribution >= 0.6 is 23.2 Å². The summed E-state index contributed by atoms with van der Waals surface area (Å²) in [5.41, 5.74) is 1.61. The Kier molecular flexibility index (Phi) is 5.67. The molecule has 1 aromatic carbocycles. The van der Waals surface area contributed by atoms with Crippen molar-refractivity contribution in [3.63, 3.8) is 0 Å². The van der Waals surface area contributed by atoms with Gasteiger partial charge in [0.1, 0.15) is 5.82 Å². The number of hydrogen-bond donors (Lipinski definition) is 3. The third-order valence-corrected chi connectivity index (χ3v) is 4.90. The van der Waals surface area contributed by atoms with Gasteiger partial charge in [-0.25, -0.2) is 4.98 Å². The van der Waals surface area contributed by atoms with Crippen LogP contribution in [0.4, 0.5) is 17.5 Å². The zero-order valence-corrected chi connectivity index (χ0v) is 15.8. The Morgan fingerprint density at radius 3 is 2.44 bits per heavy atom. The van der Waals surface area contributed by atoms with Crippen molar-refractivity contribution in [2.24, 2.45) is 5.92 Å². The molecule has 3 N–H and O–H groups in total. The molecule has 0 saturated heterocycles. The second-order valence-electron chi connectivity index (χ2n) is 6.68. The van der Waals surface area contributed by atoms with Crippen molar-refractivity contribution in [1.29, 1.82) is 0 Å². The van der Waals surface area contributed by atoms with Gasteiger partial charge < -0.3 is 15.7 Å². The van der Waals surface area contributed by atoms with Gasteiger partial charge in [-0.2, -0.15) is 4.98 Å². The Hall–Kier alpha value is -1.56. The summed E-state index contributed by atoms with van der Waals surface area (Å²) in [6.45, 7) is 4.11. The summed E-state index contributed by atoms with van der Waals surface area (Å²) in [6, 6.07) is 7.18. The van der Waals surface area contributed by atoms with Crippen molar-refractivity contribution in [3.8, 4) is 0 Å². The molecule has 2 aromatic rings. The second-order valence-corrected chi connectivity index (χ2v) is 7.49. The quantitative estimate of drug-likeness (QED) is 0.641. The maximum absolute atomic E-state index is 9.56. The topological polar surface area (TPSA) is 70.1 Å². The number of nitrogens with one attached hydrogen (secondary N) is 2. The molecule has 0 aliphatic heterocycles. The number of aromatic nitrogens is 2. The van der Waals surface area contributed by atoms with E-state index in [4.69, 9.17) is 23.2 Å². The number of anilines is 3. The minimum Gasteiger partial charge on any atom is -0.394 e. The summed E-state index contributed by atoms with van der Waals surface area (Å²) in [5, 5.41) is 17.1. The highest BCUT2D eigenvalue weighted by Crippen LogP contribution is 2.40. The summed E-state index contributed by atoms with van der Waals surface area (Å²) in [6.07, 6.45) is 2.27. The SMILES string of the molecule is CC(C)[C@@H](CO)Nc1nc(Nc2c(Cl)cccc2Cl)cc(C2CC2)n1. The fourth-order valence-electron chi connectivity index (χ4n) is 2.52. The zero-order chi connectivity index (χ0) is 18.0. The van der Waals surface area contributed by atoms with Crippen LogP contribution in [-0.2, 0) is 0 Å². The van der Waals surface area contributed by atoms with E-state index in [-0.39, 0.29) is 18.6 Å². The average Bonchev–Trinajstić information content (AvgIpc) is 3.41. The first-order chi connectivity index (χ1) is 12.0. The molecule has 1 aliphatic carbocycles. The molecule has 0 radical (unpaired) electrons. The van der Waals surface area contributed by atoms with E-state index >= 15 is 0 Å². The van der Waals surface area contributed by atoms with Crippen molar-refractivity contribution >= 4 is 40.7 Å². The van der Waals surface area contributed by atoms with Crippen LogP contribution in [-0.4, -0.2) is 27.7 Å². The first-order valence-electron chi connectivity index (χ1n) is 8.45. The van der Waals surface area contributed by atoms with Gasteiger partial charge in [-0.1, -0.05) is 43.1 Å². The number of aliphatic hydroxyl groups excluding tert-OH is 1. The molecule has 1 atom stereocenters. The zero-order valence-electron chi connectivity index (χ0n) is 14.3. The highest BCUT2D eigenvalue weighted by Gasteiger charge is 2.27. The van der Waals surface area contributed by atoms with E-state index in [0.717, 1.165) is 18.5 Å². The Labute approximate surface area is 157 Å². The smallest absolute Gasteiger partial charge is 0.225 e. The summed E-state index contributed by atoms with van der Waals surface area (Å²) in [4.78, 5) is 9.14. The first kappa shape index (κ1) is 18.2. The number of hydrogen-bond acceptors (Lipinski definition) is 5. The van der Waals surface area contributed by atoms with Crippen LogP contribution in [0, 0.1) is 5.92 Å². The van der Waals surface area contributed by atoms with Gasteiger partial charge in [-0.3, -0.25) is 0 Å². The lowest BCUT2D eigenvalue weighted by molar-refractivity contribution is 0.248. The average molecular weight is 381 g/mol. The van der Waals surface area contributed by atoms with Crippen LogP contribution in [0.3, 0.4) is 0 Å². The maximum atomic E-state index is 9.56. The Morgan fingerprint density at radius 2 is 1.88 bits per heavy atom. The van der Waals surface area contributed by atoms with Crippen molar-refractivity contribution in [2.45, 2.75) is 38.6 Å². The number of aliphatic hydroxyl groups is 1. The van der Waals surface area contributed by atoms with Crippen molar-refractivity contribution in [1.82, 2.24) is 9.97 Å². The summed E-state index contributed by atoms with van der Waals surface area (Å²) in [7, 11) is 0. The first-order valence-corrected chi connectivity index (χ1v) is 9.21. The maximum Gasteiger partial charge on any atom is 0.225 e. The number of halogens is 2. The monoisotopic (exact) mass is 380 g/mol. The van der Waals surface area contributed by atoms with Gasteiger partial charge in [0, 0.05) is 12.0 Å². The molecule has 5 nitrogen and oxygen atoms in total. The molecular weight excluding hydrogens is 359 g/mol. The van der Waals surface area contributed by atoms with E-state index in [9.17, 15) is 5.11 Å². The molecule has 1 saturated carbocycles. The van der Waals surface area contributed by atoms with E-state index in [1.807, 2.05) is 19.9 Å². The van der Waals surface area contributed by atoms with E-state index in [2.05, 4.69) is 20.6 Å². The lowest BCUT2D eigenvalue weighted by Gasteiger charge is -2.21. The van der Waals surface area contributed by atoms with E-state index in [1.54, 1.807) is 18.2 Å². The van der Waals surface area contributed by atoms with E-state index in [1.165, 1.54) is 0 Å². The molecular formula is C18H22Cl2N4O. The Bertz CT molecular complexity index is 730. The molecule has 25 heavy (non-hydrogen) atoms. The van der Waals surface area contributed by atoms with Gasteiger partial charge in [-0.05, 0) is 30.9 Å². The van der Waals surface area contributed by atoms with Crippen molar-refractivity contribution in [3.05, 3.63) is 40.0 Å². The molecule has 3 rings (SSSR count). The highest BCUT2D eigenvalue weighted by atomic mass is 35.5. The number of nitrogens with zero attached hydrogens (tertiary/aromatic N) is 2. The van der Waals surface area contributed by atoms with Gasteiger partial charge in [0.2, 0.25) is 5.95 Å². The second kappa shape index (κ2) is 7.77. The minimum atomic E-state index is -0.105. The van der Waals surface area contributed by atoms with Crippen molar-refractivity contribution in [2.75, 3.05) is 17.2 Å². The highest BCUT2D eigenvalue weighted by molar-refractivity contribution is 6.39. The lowest BCUT2D eigenvalue weighted by atomic mass is 10.1. The van der Waals surface area contributed by atoms with Crippen molar-refractivity contribution < 1.29 is 5.11 Å². The van der Waals surface area contributed by atoms with Gasteiger partial charge >= 0.3 is 0 Å². The molecule has 1 fully saturated rings. The number of benzene rings is 1. The molecule has 0 unspecified atom stereocenters. The predicted molar refractivity (Wildman–Crippen MR) is 103 cm³/mol. The summed E-state index contributed by atoms with van der Waals surface area (Å²) >= 11 is 12.5. The number of para-hydroxylation sites is 1. The molecule has 134 valence electrons. The fraction of sp³-hybridized carbons (Fsp3) is 0.444. The van der Waals surface area contributed by atoms with E-state index < -0.39 is 0 Å². The Balaban J connectivity index is 1.90. The van der Waals surface area contributed by atoms with Crippen LogP contribution in [0.5, 0.6) is 0 Å². The van der Waals surface area contributed by atoms with Crippen LogP contribution in [0.1, 0.15) is 38.3 Å². The van der Waals surface area contributed by atoms with Gasteiger partial charge in [0.15, 0.2) is 0 Å². The largest absolute Gasteiger partial charge is 0.394 e. The standard InChI is InChI=1S/C18H22Cl2N4O/c1-10(2)15(9-25)22-18-21-14(11-6-7-11)8-16(24-18)23-17-12(19)4-3-5-13(17)20/h3-5,8,10-11,15,25H,6-7,9H2,1-2H3,(H2,21,22,23,24)/t15-/m1/s1. The summed E-state index contributed by atoms with van der Waals surface area (Å²) in [5.74, 6) is 1.86. The van der Waals surface area contributed by atoms with Gasteiger partial charge in [0.05, 0.1) is 34.1 Å². The normalized spacial score (nSPS) is 15.3. The molecule has 0 amide bonds. The van der Waals surface area contributed by atoms with Crippen LogP contribution in [0.25, 0.3) is 0 Å². The molecule has 0 spiro atoms. The van der Waals surface area contributed by atoms with E-state index in [0.29, 0.717) is 33.4 Å². The molecule has 1 aromatic heterocycles. The predicted octanol–water partition coefficient (Wildman–Crippen LogP) is 4.83. The van der Waals surface area contributed by atoms with Crippen LogP contribution in [0.2, 0.25) is 10.0 Å². The van der Waals surface area contributed by atoms with Gasteiger partial charge in [-0.15, -0.1) is 0 Å². The minimum absolute atomic E-state index is 0.0216. The number of rotatable bonds is 7. The summed E-state index contributed by atoms with van der Waals surface area (Å²) < 4.78 is 0. The lowest BCUT2D eigenvalue weighted by Crippen LogP contribution is -2.30. The Morgan fingerprint density at radius 1 is 1.20 bits per heavy atom. The van der Waals surface area contributed by atoms with Gasteiger partial charge in [0.25, 0.3) is 0 Å².